The van der Waals surface area contributed by atoms with Crippen molar-refractivity contribution in [3.63, 3.8) is 0 Å². The summed E-state index contributed by atoms with van der Waals surface area (Å²) in [5.41, 5.74) is 3.01. The summed E-state index contributed by atoms with van der Waals surface area (Å²) in [6.07, 6.45) is 1.39. The Labute approximate surface area is 180 Å². The first-order valence-electron chi connectivity index (χ1n) is 9.68. The second kappa shape index (κ2) is 7.52. The van der Waals surface area contributed by atoms with Gasteiger partial charge in [0.15, 0.2) is 17.1 Å². The van der Waals surface area contributed by atoms with Crippen LogP contribution in [0, 0.1) is 18.3 Å². The normalized spacial score (nSPS) is 11.0. The summed E-state index contributed by atoms with van der Waals surface area (Å²) >= 11 is 0. The van der Waals surface area contributed by atoms with E-state index in [1.54, 1.807) is 49.4 Å². The Kier molecular flexibility index (Phi) is 4.53. The summed E-state index contributed by atoms with van der Waals surface area (Å²) in [6, 6.07) is 15.5. The van der Waals surface area contributed by atoms with Crippen LogP contribution in [-0.2, 0) is 11.3 Å². The molecule has 3 heterocycles. The number of nitriles is 1. The summed E-state index contributed by atoms with van der Waals surface area (Å²) in [5.74, 6) is 0.0930. The third kappa shape index (κ3) is 3.40. The number of aromatic nitrogens is 3. The van der Waals surface area contributed by atoms with E-state index in [0.717, 1.165) is 4.68 Å². The Bertz CT molecular complexity index is 1600. The van der Waals surface area contributed by atoms with Gasteiger partial charge in [-0.15, -0.1) is 0 Å². The molecule has 0 fully saturated rings. The van der Waals surface area contributed by atoms with E-state index in [-0.39, 0.29) is 6.54 Å². The highest BCUT2D eigenvalue weighted by molar-refractivity contribution is 5.93. The van der Waals surface area contributed by atoms with Gasteiger partial charge in [-0.2, -0.15) is 10.4 Å². The number of oxazole rings is 1. The number of hydrogen-bond donors (Lipinski definition) is 1. The van der Waals surface area contributed by atoms with Crippen molar-refractivity contribution in [2.24, 2.45) is 0 Å². The molecule has 9 heteroatoms. The molecular weight excluding hydrogens is 410 g/mol. The van der Waals surface area contributed by atoms with Gasteiger partial charge in [0.05, 0.1) is 23.3 Å². The molecule has 9 nitrogen and oxygen atoms in total. The molecule has 1 N–H and O–H groups in total. The Morgan fingerprint density at radius 1 is 1.22 bits per heavy atom. The van der Waals surface area contributed by atoms with E-state index in [4.69, 9.17) is 8.83 Å². The van der Waals surface area contributed by atoms with Gasteiger partial charge in [-0.05, 0) is 30.3 Å². The van der Waals surface area contributed by atoms with Gasteiger partial charge in [0, 0.05) is 24.2 Å². The lowest BCUT2D eigenvalue weighted by Gasteiger charge is -2.09. The largest absolute Gasteiger partial charge is 0.462 e. The summed E-state index contributed by atoms with van der Waals surface area (Å²) in [5, 5.41) is 16.6. The lowest BCUT2D eigenvalue weighted by atomic mass is 10.1. The molecule has 3 aromatic heterocycles. The molecule has 156 valence electrons. The number of rotatable bonds is 4. The predicted octanol–water partition coefficient (Wildman–Crippen LogP) is 3.62. The summed E-state index contributed by atoms with van der Waals surface area (Å²) in [7, 11) is 0. The molecule has 0 aliphatic heterocycles. The number of benzene rings is 2. The smallest absolute Gasteiger partial charge is 0.278 e. The maximum atomic E-state index is 12.8. The molecule has 0 unspecified atom stereocenters. The molecule has 0 atom stereocenters. The number of amides is 1. The lowest BCUT2D eigenvalue weighted by Crippen LogP contribution is -2.30. The van der Waals surface area contributed by atoms with Crippen molar-refractivity contribution in [2.75, 3.05) is 5.32 Å². The average molecular weight is 425 g/mol. The molecule has 0 saturated heterocycles. The molecule has 0 aliphatic rings. The highest BCUT2D eigenvalue weighted by atomic mass is 16.3. The van der Waals surface area contributed by atoms with Gasteiger partial charge in [-0.25, -0.2) is 9.67 Å². The maximum absolute atomic E-state index is 12.8. The zero-order valence-corrected chi connectivity index (χ0v) is 16.8. The van der Waals surface area contributed by atoms with Crippen molar-refractivity contribution in [3.05, 3.63) is 76.6 Å². The molecule has 0 radical (unpaired) electrons. The zero-order valence-electron chi connectivity index (χ0n) is 16.8. The fourth-order valence-electron chi connectivity index (χ4n) is 3.50. The zero-order chi connectivity index (χ0) is 22.2. The number of furan rings is 1. The SMILES string of the molecule is Cc1nc2ccc(NC(=O)Cn3nc(-c4cccc(C#N)c4)c4occc4c3=O)cc2o1. The highest BCUT2D eigenvalue weighted by Gasteiger charge is 2.17. The molecule has 0 bridgehead atoms. The fraction of sp³-hybridized carbons (Fsp3) is 0.0870. The van der Waals surface area contributed by atoms with E-state index < -0.39 is 11.5 Å². The van der Waals surface area contributed by atoms with Crippen LogP contribution in [0.15, 0.2) is 68.4 Å². The van der Waals surface area contributed by atoms with Crippen LogP contribution >= 0.6 is 0 Å². The Hall–Kier alpha value is -4.71. The number of carbonyl (C=O) groups excluding carboxylic acids is 1. The number of aryl methyl sites for hydroxylation is 1. The Morgan fingerprint density at radius 2 is 2.09 bits per heavy atom. The highest BCUT2D eigenvalue weighted by Crippen LogP contribution is 2.26. The quantitative estimate of drug-likeness (QED) is 0.466. The van der Waals surface area contributed by atoms with Gasteiger partial charge in [0.1, 0.15) is 17.8 Å². The van der Waals surface area contributed by atoms with Crippen LogP contribution in [0.25, 0.3) is 33.3 Å². The number of nitrogens with one attached hydrogen (secondary N) is 1. The van der Waals surface area contributed by atoms with Crippen LogP contribution in [0.4, 0.5) is 5.69 Å². The van der Waals surface area contributed by atoms with Crippen LogP contribution < -0.4 is 10.9 Å². The molecular formula is C23H15N5O4. The first-order chi connectivity index (χ1) is 15.5. The second-order valence-electron chi connectivity index (χ2n) is 7.13. The van der Waals surface area contributed by atoms with Crippen molar-refractivity contribution < 1.29 is 13.6 Å². The molecule has 1 amide bonds. The van der Waals surface area contributed by atoms with Crippen LogP contribution in [0.5, 0.6) is 0 Å². The van der Waals surface area contributed by atoms with Crippen LogP contribution in [0.2, 0.25) is 0 Å². The Morgan fingerprint density at radius 3 is 2.94 bits per heavy atom. The third-order valence-corrected chi connectivity index (χ3v) is 4.90. The molecule has 32 heavy (non-hydrogen) atoms. The van der Waals surface area contributed by atoms with Crippen LogP contribution in [0.1, 0.15) is 11.5 Å². The molecule has 2 aromatic carbocycles. The predicted molar refractivity (Wildman–Crippen MR) is 116 cm³/mol. The van der Waals surface area contributed by atoms with Gasteiger partial charge in [-0.3, -0.25) is 9.59 Å². The van der Waals surface area contributed by atoms with E-state index in [1.165, 1.54) is 12.3 Å². The van der Waals surface area contributed by atoms with E-state index >= 15 is 0 Å². The maximum Gasteiger partial charge on any atom is 0.278 e. The van der Waals surface area contributed by atoms with Gasteiger partial charge in [0.2, 0.25) is 5.91 Å². The molecule has 0 spiro atoms. The van der Waals surface area contributed by atoms with E-state index in [9.17, 15) is 14.9 Å². The molecule has 5 aromatic rings. The van der Waals surface area contributed by atoms with Crippen molar-refractivity contribution in [1.82, 2.24) is 14.8 Å². The van der Waals surface area contributed by atoms with Crippen molar-refractivity contribution in [2.45, 2.75) is 13.5 Å². The van der Waals surface area contributed by atoms with Gasteiger partial charge in [-0.1, -0.05) is 12.1 Å². The average Bonchev–Trinajstić information content (AvgIpc) is 3.41. The second-order valence-corrected chi connectivity index (χ2v) is 7.13. The Balaban J connectivity index is 1.49. The summed E-state index contributed by atoms with van der Waals surface area (Å²) in [6.45, 7) is 1.44. The minimum atomic E-state index is -0.453. The van der Waals surface area contributed by atoms with Crippen LogP contribution in [-0.4, -0.2) is 20.7 Å². The molecule has 5 rings (SSSR count). The van der Waals surface area contributed by atoms with Crippen LogP contribution in [0.3, 0.4) is 0 Å². The van der Waals surface area contributed by atoms with E-state index in [0.29, 0.717) is 50.5 Å². The van der Waals surface area contributed by atoms with Gasteiger partial charge in [0.25, 0.3) is 5.56 Å². The first kappa shape index (κ1) is 19.3. The third-order valence-electron chi connectivity index (χ3n) is 4.90. The summed E-state index contributed by atoms with van der Waals surface area (Å²) < 4.78 is 12.0. The number of nitrogens with zero attached hydrogens (tertiary/aromatic N) is 4. The van der Waals surface area contributed by atoms with Crippen molar-refractivity contribution >= 4 is 33.7 Å². The number of hydrogen-bond acceptors (Lipinski definition) is 7. The van der Waals surface area contributed by atoms with Gasteiger partial charge < -0.3 is 14.2 Å². The van der Waals surface area contributed by atoms with Gasteiger partial charge >= 0.3 is 0 Å². The minimum absolute atomic E-state index is 0.295. The number of anilines is 1. The topological polar surface area (TPSA) is 127 Å². The van der Waals surface area contributed by atoms with E-state index in [1.807, 2.05) is 0 Å². The monoisotopic (exact) mass is 425 g/mol. The lowest BCUT2D eigenvalue weighted by molar-refractivity contribution is -0.117. The van der Waals surface area contributed by atoms with E-state index in [2.05, 4.69) is 21.5 Å². The minimum Gasteiger partial charge on any atom is -0.462 e. The summed E-state index contributed by atoms with van der Waals surface area (Å²) in [4.78, 5) is 29.7. The fourth-order valence-corrected chi connectivity index (χ4v) is 3.50. The van der Waals surface area contributed by atoms with Crippen molar-refractivity contribution in [1.29, 1.82) is 5.26 Å². The first-order valence-corrected chi connectivity index (χ1v) is 9.68. The number of carbonyl (C=O) groups is 1. The van der Waals surface area contributed by atoms with Crippen molar-refractivity contribution in [3.8, 4) is 17.3 Å². The standard InChI is InChI=1S/C23H15N5O4/c1-13-25-18-6-5-16(10-19(18)32-13)26-20(29)12-28-23(30)17-7-8-31-22(17)21(27-28)15-4-2-3-14(9-15)11-24/h2-10H,12H2,1H3,(H,26,29). The molecule has 0 saturated carbocycles. The number of fused-ring (bicyclic) bond motifs is 2. The molecule has 0 aliphatic carbocycles.